The van der Waals surface area contributed by atoms with Crippen LogP contribution < -0.4 is 5.32 Å². The number of rotatable bonds is 6. The van der Waals surface area contributed by atoms with Gasteiger partial charge in [0.05, 0.1) is 25.2 Å². The van der Waals surface area contributed by atoms with Crippen LogP contribution in [0, 0.1) is 5.92 Å². The molecule has 1 saturated heterocycles. The zero-order valence-corrected chi connectivity index (χ0v) is 19.7. The van der Waals surface area contributed by atoms with E-state index >= 15 is 0 Å². The Kier molecular flexibility index (Phi) is 8.36. The maximum absolute atomic E-state index is 5.47. The van der Waals surface area contributed by atoms with E-state index in [1.807, 2.05) is 30.7 Å². The molecular formula is C23H30IN5O. The molecule has 7 heteroatoms. The Morgan fingerprint density at radius 3 is 2.83 bits per heavy atom. The van der Waals surface area contributed by atoms with Gasteiger partial charge in [0.15, 0.2) is 5.96 Å². The monoisotopic (exact) mass is 519 g/mol. The number of furan rings is 1. The number of nitrogens with zero attached hydrogens (tertiary/aromatic N) is 4. The average molecular weight is 519 g/mol. The van der Waals surface area contributed by atoms with Crippen LogP contribution in [0.1, 0.15) is 30.7 Å². The van der Waals surface area contributed by atoms with Gasteiger partial charge in [0, 0.05) is 38.4 Å². The van der Waals surface area contributed by atoms with E-state index in [1.165, 1.54) is 5.56 Å². The zero-order valence-electron chi connectivity index (χ0n) is 17.4. The molecule has 4 rings (SSSR count). The van der Waals surface area contributed by atoms with Gasteiger partial charge in [-0.3, -0.25) is 0 Å². The molecule has 160 valence electrons. The Morgan fingerprint density at radius 2 is 2.10 bits per heavy atom. The molecule has 1 N–H and O–H groups in total. The van der Waals surface area contributed by atoms with Gasteiger partial charge in [-0.15, -0.1) is 24.0 Å². The first-order chi connectivity index (χ1) is 14.3. The summed E-state index contributed by atoms with van der Waals surface area (Å²) in [4.78, 5) is 11.6. The molecule has 1 aliphatic heterocycles. The van der Waals surface area contributed by atoms with Crippen molar-refractivity contribution in [3.05, 3.63) is 78.8 Å². The first kappa shape index (κ1) is 22.4. The Bertz CT molecular complexity index is 880. The highest BCUT2D eigenvalue weighted by molar-refractivity contribution is 14.0. The Hall–Kier alpha value is -2.29. The minimum absolute atomic E-state index is 0. The molecule has 0 radical (unpaired) electrons. The van der Waals surface area contributed by atoms with Crippen molar-refractivity contribution in [1.29, 1.82) is 0 Å². The Morgan fingerprint density at radius 1 is 1.23 bits per heavy atom. The third-order valence-electron chi connectivity index (χ3n) is 5.61. The fourth-order valence-corrected chi connectivity index (χ4v) is 3.86. The number of imidazole rings is 1. The van der Waals surface area contributed by atoms with Crippen LogP contribution in [0.2, 0.25) is 0 Å². The number of halogens is 1. The number of piperidine rings is 1. The molecule has 1 aliphatic rings. The van der Waals surface area contributed by atoms with Crippen molar-refractivity contribution in [2.24, 2.45) is 10.9 Å². The number of benzene rings is 1. The predicted molar refractivity (Wildman–Crippen MR) is 130 cm³/mol. The summed E-state index contributed by atoms with van der Waals surface area (Å²) in [7, 11) is 0. The highest BCUT2D eigenvalue weighted by Gasteiger charge is 2.29. The summed E-state index contributed by atoms with van der Waals surface area (Å²) in [5, 5.41) is 3.57. The van der Waals surface area contributed by atoms with Crippen molar-refractivity contribution in [1.82, 2.24) is 19.8 Å². The summed E-state index contributed by atoms with van der Waals surface area (Å²) in [6.45, 7) is 5.73. The highest BCUT2D eigenvalue weighted by Crippen LogP contribution is 2.27. The van der Waals surface area contributed by atoms with Crippen LogP contribution in [-0.4, -0.2) is 40.0 Å². The van der Waals surface area contributed by atoms with E-state index in [9.17, 15) is 0 Å². The van der Waals surface area contributed by atoms with E-state index in [0.717, 1.165) is 44.2 Å². The van der Waals surface area contributed by atoms with Crippen LogP contribution in [0.15, 0.2) is 76.9 Å². The third-order valence-corrected chi connectivity index (χ3v) is 5.61. The lowest BCUT2D eigenvalue weighted by Gasteiger charge is -2.39. The summed E-state index contributed by atoms with van der Waals surface area (Å²) in [6, 6.07) is 14.8. The summed E-state index contributed by atoms with van der Waals surface area (Å²) in [5.74, 6) is 2.57. The second-order valence-corrected chi connectivity index (χ2v) is 7.67. The van der Waals surface area contributed by atoms with Crippen LogP contribution in [0.4, 0.5) is 0 Å². The molecule has 3 heterocycles. The van der Waals surface area contributed by atoms with E-state index in [-0.39, 0.29) is 24.0 Å². The topological polar surface area (TPSA) is 58.6 Å². The molecule has 0 spiro atoms. The van der Waals surface area contributed by atoms with Gasteiger partial charge < -0.3 is 19.2 Å². The molecular weight excluding hydrogens is 489 g/mol. The molecule has 30 heavy (non-hydrogen) atoms. The fraction of sp³-hybridized carbons (Fsp3) is 0.391. The molecule has 0 amide bonds. The SMILES string of the molecule is CC1CCN(C(=NCc2ccccc2)NCCc2ccco2)CC1n1ccnc1.I. The lowest BCUT2D eigenvalue weighted by Crippen LogP contribution is -2.49. The van der Waals surface area contributed by atoms with Gasteiger partial charge in [0.25, 0.3) is 0 Å². The quantitative estimate of drug-likeness (QED) is 0.299. The van der Waals surface area contributed by atoms with Crippen molar-refractivity contribution in [2.75, 3.05) is 19.6 Å². The van der Waals surface area contributed by atoms with Crippen LogP contribution in [0.5, 0.6) is 0 Å². The van der Waals surface area contributed by atoms with E-state index in [4.69, 9.17) is 9.41 Å². The molecule has 0 saturated carbocycles. The number of likely N-dealkylation sites (tertiary alicyclic amines) is 1. The molecule has 0 bridgehead atoms. The summed E-state index contributed by atoms with van der Waals surface area (Å²) < 4.78 is 7.70. The molecule has 0 aliphatic carbocycles. The Balaban J connectivity index is 0.00000256. The summed E-state index contributed by atoms with van der Waals surface area (Å²) in [5.41, 5.74) is 1.22. The van der Waals surface area contributed by atoms with Crippen molar-refractivity contribution in [3.8, 4) is 0 Å². The van der Waals surface area contributed by atoms with Gasteiger partial charge >= 0.3 is 0 Å². The predicted octanol–water partition coefficient (Wildman–Crippen LogP) is 4.37. The number of aromatic nitrogens is 2. The van der Waals surface area contributed by atoms with E-state index in [0.29, 0.717) is 18.5 Å². The van der Waals surface area contributed by atoms with Gasteiger partial charge in [0.1, 0.15) is 5.76 Å². The summed E-state index contributed by atoms with van der Waals surface area (Å²) >= 11 is 0. The Labute approximate surface area is 195 Å². The van der Waals surface area contributed by atoms with Gasteiger partial charge in [-0.25, -0.2) is 9.98 Å². The normalized spacial score (nSPS) is 19.4. The fourth-order valence-electron chi connectivity index (χ4n) is 3.86. The van der Waals surface area contributed by atoms with Crippen molar-refractivity contribution >= 4 is 29.9 Å². The van der Waals surface area contributed by atoms with Crippen LogP contribution >= 0.6 is 24.0 Å². The largest absolute Gasteiger partial charge is 0.469 e. The van der Waals surface area contributed by atoms with Crippen molar-refractivity contribution in [3.63, 3.8) is 0 Å². The summed E-state index contributed by atoms with van der Waals surface area (Å²) in [6.07, 6.45) is 9.55. The minimum Gasteiger partial charge on any atom is -0.469 e. The number of aliphatic imine (C=N–C) groups is 1. The number of guanidine groups is 1. The van der Waals surface area contributed by atoms with Crippen LogP contribution in [0.25, 0.3) is 0 Å². The number of hydrogen-bond donors (Lipinski definition) is 1. The molecule has 1 aromatic carbocycles. The van der Waals surface area contributed by atoms with E-state index < -0.39 is 0 Å². The average Bonchev–Trinajstić information content (AvgIpc) is 3.46. The zero-order chi connectivity index (χ0) is 19.9. The maximum Gasteiger partial charge on any atom is 0.194 e. The van der Waals surface area contributed by atoms with Gasteiger partial charge in [-0.1, -0.05) is 37.3 Å². The number of nitrogens with one attached hydrogen (secondary N) is 1. The third kappa shape index (κ3) is 5.87. The van der Waals surface area contributed by atoms with Gasteiger partial charge in [-0.05, 0) is 30.0 Å². The van der Waals surface area contributed by atoms with E-state index in [1.54, 1.807) is 6.26 Å². The lowest BCUT2D eigenvalue weighted by molar-refractivity contribution is 0.189. The molecule has 2 unspecified atom stereocenters. The second kappa shape index (κ2) is 11.2. The highest BCUT2D eigenvalue weighted by atomic mass is 127. The van der Waals surface area contributed by atoms with Crippen LogP contribution in [-0.2, 0) is 13.0 Å². The first-order valence-electron chi connectivity index (χ1n) is 10.4. The molecule has 1 fully saturated rings. The van der Waals surface area contributed by atoms with Crippen molar-refractivity contribution < 1.29 is 4.42 Å². The molecule has 3 aromatic rings. The smallest absolute Gasteiger partial charge is 0.194 e. The molecule has 2 atom stereocenters. The van der Waals surface area contributed by atoms with Crippen LogP contribution in [0.3, 0.4) is 0 Å². The second-order valence-electron chi connectivity index (χ2n) is 7.67. The molecule has 6 nitrogen and oxygen atoms in total. The maximum atomic E-state index is 5.47. The first-order valence-corrected chi connectivity index (χ1v) is 10.4. The molecule has 2 aromatic heterocycles. The van der Waals surface area contributed by atoms with Gasteiger partial charge in [-0.2, -0.15) is 0 Å². The standard InChI is InChI=1S/C23H29N5O.HI/c1-19-10-13-27(17-22(19)28-14-12-24-18-28)23(25-11-9-21-8-5-15-29-21)26-16-20-6-3-2-4-7-20;/h2-8,12,14-15,18-19,22H,9-11,13,16-17H2,1H3,(H,25,26);1H. The van der Waals surface area contributed by atoms with Crippen molar-refractivity contribution in [2.45, 2.75) is 32.4 Å². The lowest BCUT2D eigenvalue weighted by atomic mass is 9.93. The minimum atomic E-state index is 0. The number of hydrogen-bond acceptors (Lipinski definition) is 3. The van der Waals surface area contributed by atoms with Gasteiger partial charge in [0.2, 0.25) is 0 Å². The van der Waals surface area contributed by atoms with E-state index in [2.05, 4.69) is 57.2 Å².